The highest BCUT2D eigenvalue weighted by Crippen LogP contribution is 2.29. The molecular weight excluding hydrogens is 232 g/mol. The normalized spacial score (nSPS) is 12.4. The van der Waals surface area contributed by atoms with Crippen molar-refractivity contribution in [2.75, 3.05) is 6.54 Å². The van der Waals surface area contributed by atoms with E-state index in [0.29, 0.717) is 6.04 Å². The molecule has 0 aliphatic rings. The number of benzene rings is 1. The Kier molecular flexibility index (Phi) is 4.69. The Balaban J connectivity index is 2.39. The third kappa shape index (κ3) is 3.21. The van der Waals surface area contributed by atoms with E-state index in [1.54, 1.807) is 0 Å². The fraction of sp³-hybridized carbons (Fsp3) is 0.353. The van der Waals surface area contributed by atoms with Gasteiger partial charge in [0.15, 0.2) is 0 Å². The van der Waals surface area contributed by atoms with Crippen LogP contribution in [0.25, 0.3) is 11.1 Å². The number of aromatic nitrogens is 1. The lowest BCUT2D eigenvalue weighted by Crippen LogP contribution is -2.19. The lowest BCUT2D eigenvalue weighted by atomic mass is 9.94. The number of rotatable bonds is 5. The van der Waals surface area contributed by atoms with E-state index in [4.69, 9.17) is 0 Å². The van der Waals surface area contributed by atoms with Crippen LogP contribution >= 0.6 is 0 Å². The third-order valence-electron chi connectivity index (χ3n) is 3.46. The van der Waals surface area contributed by atoms with Crippen molar-refractivity contribution in [3.8, 4) is 11.1 Å². The zero-order valence-corrected chi connectivity index (χ0v) is 12.0. The number of nitrogens with one attached hydrogen (secondary N) is 1. The fourth-order valence-corrected chi connectivity index (χ4v) is 2.34. The summed E-state index contributed by atoms with van der Waals surface area (Å²) >= 11 is 0. The molecule has 1 atom stereocenters. The number of pyridine rings is 1. The standard InChI is InChI=1S/C17H22N2/c1-4-10-19-14(3)15-7-5-6-8-16(15)17-12-18-11-9-13(17)2/h5-9,11-12,14,19H,4,10H2,1-3H3. The summed E-state index contributed by atoms with van der Waals surface area (Å²) in [6.45, 7) is 7.59. The molecule has 2 heteroatoms. The van der Waals surface area contributed by atoms with Gasteiger partial charge in [0.05, 0.1) is 0 Å². The fourth-order valence-electron chi connectivity index (χ4n) is 2.34. The van der Waals surface area contributed by atoms with Crippen LogP contribution in [0.1, 0.15) is 37.4 Å². The summed E-state index contributed by atoms with van der Waals surface area (Å²) in [5.41, 5.74) is 5.12. The van der Waals surface area contributed by atoms with Crippen LogP contribution in [-0.2, 0) is 0 Å². The number of aryl methyl sites for hydroxylation is 1. The van der Waals surface area contributed by atoms with Crippen LogP contribution in [0.4, 0.5) is 0 Å². The molecule has 19 heavy (non-hydrogen) atoms. The molecule has 100 valence electrons. The predicted octanol–water partition coefficient (Wildman–Crippen LogP) is 4.12. The van der Waals surface area contributed by atoms with Gasteiger partial charge < -0.3 is 5.32 Å². The van der Waals surface area contributed by atoms with Crippen LogP contribution in [0, 0.1) is 6.92 Å². The van der Waals surface area contributed by atoms with E-state index in [0.717, 1.165) is 13.0 Å². The van der Waals surface area contributed by atoms with Crippen LogP contribution in [0.15, 0.2) is 42.7 Å². The first-order valence-corrected chi connectivity index (χ1v) is 6.97. The first-order chi connectivity index (χ1) is 9.24. The van der Waals surface area contributed by atoms with Gasteiger partial charge in [0, 0.05) is 24.0 Å². The Morgan fingerprint density at radius 3 is 2.68 bits per heavy atom. The van der Waals surface area contributed by atoms with Gasteiger partial charge in [-0.05, 0) is 49.6 Å². The van der Waals surface area contributed by atoms with Gasteiger partial charge >= 0.3 is 0 Å². The van der Waals surface area contributed by atoms with E-state index in [9.17, 15) is 0 Å². The van der Waals surface area contributed by atoms with Crippen molar-refractivity contribution < 1.29 is 0 Å². The summed E-state index contributed by atoms with van der Waals surface area (Å²) < 4.78 is 0. The maximum Gasteiger partial charge on any atom is 0.0349 e. The van der Waals surface area contributed by atoms with Crippen LogP contribution in [0.2, 0.25) is 0 Å². The van der Waals surface area contributed by atoms with Gasteiger partial charge in [0.2, 0.25) is 0 Å². The molecule has 0 amide bonds. The van der Waals surface area contributed by atoms with Crippen LogP contribution < -0.4 is 5.32 Å². The third-order valence-corrected chi connectivity index (χ3v) is 3.46. The summed E-state index contributed by atoms with van der Waals surface area (Å²) in [6.07, 6.45) is 4.96. The summed E-state index contributed by atoms with van der Waals surface area (Å²) in [5, 5.41) is 3.56. The largest absolute Gasteiger partial charge is 0.310 e. The highest BCUT2D eigenvalue weighted by atomic mass is 14.9. The maximum atomic E-state index is 4.26. The molecule has 2 aromatic rings. The van der Waals surface area contributed by atoms with E-state index in [2.05, 4.69) is 61.4 Å². The van der Waals surface area contributed by atoms with Gasteiger partial charge in [-0.1, -0.05) is 31.2 Å². The second-order valence-electron chi connectivity index (χ2n) is 4.95. The molecule has 0 radical (unpaired) electrons. The highest BCUT2D eigenvalue weighted by molar-refractivity contribution is 5.70. The molecule has 1 aromatic heterocycles. The molecule has 0 saturated carbocycles. The number of hydrogen-bond acceptors (Lipinski definition) is 2. The molecule has 1 N–H and O–H groups in total. The summed E-state index contributed by atoms with van der Waals surface area (Å²) in [7, 11) is 0. The van der Waals surface area contributed by atoms with Crippen LogP contribution in [0.3, 0.4) is 0 Å². The minimum atomic E-state index is 0.357. The molecule has 0 saturated heterocycles. The Labute approximate surface area is 115 Å². The van der Waals surface area contributed by atoms with Gasteiger partial charge in [-0.2, -0.15) is 0 Å². The Hall–Kier alpha value is -1.67. The zero-order valence-electron chi connectivity index (χ0n) is 12.0. The maximum absolute atomic E-state index is 4.26. The quantitative estimate of drug-likeness (QED) is 0.868. The average molecular weight is 254 g/mol. The van der Waals surface area contributed by atoms with Gasteiger partial charge in [-0.25, -0.2) is 0 Å². The first-order valence-electron chi connectivity index (χ1n) is 6.97. The zero-order chi connectivity index (χ0) is 13.7. The lowest BCUT2D eigenvalue weighted by molar-refractivity contribution is 0.571. The molecule has 0 bridgehead atoms. The Bertz CT molecular complexity index is 534. The molecule has 2 nitrogen and oxygen atoms in total. The molecule has 2 rings (SSSR count). The van der Waals surface area contributed by atoms with Gasteiger partial charge in [-0.3, -0.25) is 4.98 Å². The van der Waals surface area contributed by atoms with Gasteiger partial charge in [0.25, 0.3) is 0 Å². The molecule has 0 spiro atoms. The summed E-state index contributed by atoms with van der Waals surface area (Å²) in [6, 6.07) is 11.0. The van der Waals surface area contributed by atoms with E-state index >= 15 is 0 Å². The molecule has 1 heterocycles. The van der Waals surface area contributed by atoms with Gasteiger partial charge in [-0.15, -0.1) is 0 Å². The minimum Gasteiger partial charge on any atom is -0.310 e. The number of nitrogens with zero attached hydrogens (tertiary/aromatic N) is 1. The van der Waals surface area contributed by atoms with Crippen molar-refractivity contribution in [1.82, 2.24) is 10.3 Å². The molecule has 1 unspecified atom stereocenters. The molecule has 0 aliphatic heterocycles. The van der Waals surface area contributed by atoms with Crippen molar-refractivity contribution in [3.63, 3.8) is 0 Å². The van der Waals surface area contributed by atoms with Crippen molar-refractivity contribution in [3.05, 3.63) is 53.9 Å². The van der Waals surface area contributed by atoms with E-state index < -0.39 is 0 Å². The van der Waals surface area contributed by atoms with E-state index in [-0.39, 0.29) is 0 Å². The Morgan fingerprint density at radius 2 is 1.95 bits per heavy atom. The smallest absolute Gasteiger partial charge is 0.0349 e. The minimum absolute atomic E-state index is 0.357. The van der Waals surface area contributed by atoms with E-state index in [1.165, 1.54) is 22.3 Å². The lowest BCUT2D eigenvalue weighted by Gasteiger charge is -2.18. The monoisotopic (exact) mass is 254 g/mol. The second-order valence-corrected chi connectivity index (χ2v) is 4.95. The molecule has 0 aliphatic carbocycles. The Morgan fingerprint density at radius 1 is 1.16 bits per heavy atom. The van der Waals surface area contributed by atoms with Crippen molar-refractivity contribution in [1.29, 1.82) is 0 Å². The first kappa shape index (κ1) is 13.8. The molecule has 0 fully saturated rings. The van der Waals surface area contributed by atoms with Crippen LogP contribution in [0.5, 0.6) is 0 Å². The highest BCUT2D eigenvalue weighted by Gasteiger charge is 2.12. The molecule has 1 aromatic carbocycles. The van der Waals surface area contributed by atoms with Crippen molar-refractivity contribution in [2.45, 2.75) is 33.2 Å². The summed E-state index contributed by atoms with van der Waals surface area (Å²) in [5.74, 6) is 0. The topological polar surface area (TPSA) is 24.9 Å². The SMILES string of the molecule is CCCNC(C)c1ccccc1-c1cnccc1C. The number of hydrogen-bond donors (Lipinski definition) is 1. The predicted molar refractivity (Wildman–Crippen MR) is 81.1 cm³/mol. The van der Waals surface area contributed by atoms with Gasteiger partial charge in [0.1, 0.15) is 0 Å². The summed E-state index contributed by atoms with van der Waals surface area (Å²) in [4.78, 5) is 4.26. The van der Waals surface area contributed by atoms with E-state index in [1.807, 2.05) is 12.4 Å². The average Bonchev–Trinajstić information content (AvgIpc) is 2.45. The van der Waals surface area contributed by atoms with Crippen LogP contribution in [-0.4, -0.2) is 11.5 Å². The van der Waals surface area contributed by atoms with Crippen molar-refractivity contribution in [2.24, 2.45) is 0 Å². The molecular formula is C17H22N2. The van der Waals surface area contributed by atoms with Crippen molar-refractivity contribution >= 4 is 0 Å². The second kappa shape index (κ2) is 6.48.